The number of aryl methyl sites for hydroxylation is 1. The first-order chi connectivity index (χ1) is 15.1. The van der Waals surface area contributed by atoms with Crippen LogP contribution in [0.25, 0.3) is 11.6 Å². The van der Waals surface area contributed by atoms with Crippen molar-refractivity contribution in [2.45, 2.75) is 32.2 Å². The molecule has 0 fully saturated rings. The molecule has 0 saturated carbocycles. The van der Waals surface area contributed by atoms with Crippen molar-refractivity contribution in [1.29, 1.82) is 0 Å². The van der Waals surface area contributed by atoms with Crippen molar-refractivity contribution in [1.82, 2.24) is 0 Å². The van der Waals surface area contributed by atoms with Gasteiger partial charge in [0.25, 0.3) is 11.6 Å². The van der Waals surface area contributed by atoms with E-state index in [-0.39, 0.29) is 11.6 Å². The van der Waals surface area contributed by atoms with E-state index in [9.17, 15) is 14.9 Å². The predicted octanol–water partition coefficient (Wildman–Crippen LogP) is 5.17. The number of anilines is 2. The molecule has 0 spiro atoms. The normalized spacial score (nSPS) is 16.0. The van der Waals surface area contributed by atoms with Crippen LogP contribution in [0.4, 0.5) is 17.1 Å². The molecular weight excluding hydrogens is 394 g/mol. The number of benzene rings is 2. The van der Waals surface area contributed by atoms with Crippen molar-refractivity contribution < 1.29 is 14.1 Å². The first kappa shape index (κ1) is 19.1. The van der Waals surface area contributed by atoms with Crippen molar-refractivity contribution in [2.24, 2.45) is 0 Å². The Morgan fingerprint density at radius 3 is 2.74 bits per heavy atom. The SMILES string of the molecule is O=C1Nc2ccc([N+](=O)[O-])cc2C1=Cc1oc2c(c1CNc1ccccc1)CCCC2. The van der Waals surface area contributed by atoms with Crippen LogP contribution in [-0.2, 0) is 24.2 Å². The quantitative estimate of drug-likeness (QED) is 0.340. The number of amides is 1. The van der Waals surface area contributed by atoms with Crippen LogP contribution in [0.2, 0.25) is 0 Å². The van der Waals surface area contributed by atoms with Crippen LogP contribution < -0.4 is 10.6 Å². The highest BCUT2D eigenvalue weighted by molar-refractivity contribution is 6.35. The first-order valence-electron chi connectivity index (χ1n) is 10.3. The highest BCUT2D eigenvalue weighted by Gasteiger charge is 2.28. The fourth-order valence-electron chi connectivity index (χ4n) is 4.27. The van der Waals surface area contributed by atoms with Crippen molar-refractivity contribution in [3.05, 3.63) is 86.9 Å². The van der Waals surface area contributed by atoms with E-state index in [2.05, 4.69) is 10.6 Å². The zero-order valence-electron chi connectivity index (χ0n) is 16.8. The largest absolute Gasteiger partial charge is 0.461 e. The monoisotopic (exact) mass is 415 g/mol. The van der Waals surface area contributed by atoms with Gasteiger partial charge in [-0.2, -0.15) is 0 Å². The third-order valence-corrected chi connectivity index (χ3v) is 5.83. The molecule has 3 aromatic rings. The van der Waals surface area contributed by atoms with Crippen LogP contribution in [0.15, 0.2) is 52.9 Å². The number of carbonyl (C=O) groups excluding carboxylic acids is 1. The van der Waals surface area contributed by atoms with E-state index in [1.807, 2.05) is 30.3 Å². The Morgan fingerprint density at radius 1 is 1.13 bits per heavy atom. The number of rotatable bonds is 5. The lowest BCUT2D eigenvalue weighted by Crippen LogP contribution is -2.06. The van der Waals surface area contributed by atoms with Gasteiger partial charge >= 0.3 is 0 Å². The highest BCUT2D eigenvalue weighted by Crippen LogP contribution is 2.38. The number of para-hydroxylation sites is 1. The second kappa shape index (κ2) is 7.75. The molecule has 7 nitrogen and oxygen atoms in total. The molecule has 156 valence electrons. The molecule has 0 bridgehead atoms. The van der Waals surface area contributed by atoms with Crippen molar-refractivity contribution >= 4 is 34.6 Å². The van der Waals surface area contributed by atoms with Crippen LogP contribution in [0.3, 0.4) is 0 Å². The van der Waals surface area contributed by atoms with E-state index in [1.54, 1.807) is 12.1 Å². The molecule has 2 aromatic carbocycles. The Balaban J connectivity index is 1.55. The second-order valence-electron chi connectivity index (χ2n) is 7.77. The average Bonchev–Trinajstić information content (AvgIpc) is 3.29. The molecule has 2 N–H and O–H groups in total. The van der Waals surface area contributed by atoms with Gasteiger partial charge in [-0.3, -0.25) is 14.9 Å². The molecule has 0 radical (unpaired) electrons. The summed E-state index contributed by atoms with van der Waals surface area (Å²) >= 11 is 0. The lowest BCUT2D eigenvalue weighted by Gasteiger charge is -2.12. The Morgan fingerprint density at radius 2 is 1.94 bits per heavy atom. The topological polar surface area (TPSA) is 97.4 Å². The van der Waals surface area contributed by atoms with Gasteiger partial charge in [-0.05, 0) is 49.1 Å². The van der Waals surface area contributed by atoms with Gasteiger partial charge in [0.2, 0.25) is 0 Å². The summed E-state index contributed by atoms with van der Waals surface area (Å²) in [6.07, 6.45) is 5.74. The van der Waals surface area contributed by atoms with Crippen LogP contribution in [0.1, 0.15) is 41.1 Å². The van der Waals surface area contributed by atoms with E-state index in [0.717, 1.165) is 42.7 Å². The van der Waals surface area contributed by atoms with Gasteiger partial charge in [-0.15, -0.1) is 0 Å². The zero-order valence-corrected chi connectivity index (χ0v) is 16.8. The number of carbonyl (C=O) groups is 1. The molecule has 1 aromatic heterocycles. The van der Waals surface area contributed by atoms with E-state index < -0.39 is 4.92 Å². The number of nitro benzene ring substituents is 1. The Bertz CT molecular complexity index is 1210. The smallest absolute Gasteiger partial charge is 0.270 e. The van der Waals surface area contributed by atoms with E-state index in [4.69, 9.17) is 4.42 Å². The molecule has 0 atom stereocenters. The van der Waals surface area contributed by atoms with E-state index in [0.29, 0.717) is 29.1 Å². The molecule has 0 unspecified atom stereocenters. The fourth-order valence-corrected chi connectivity index (χ4v) is 4.27. The number of furan rings is 1. The Kier molecular flexibility index (Phi) is 4.78. The van der Waals surface area contributed by atoms with Gasteiger partial charge in [-0.25, -0.2) is 0 Å². The van der Waals surface area contributed by atoms with Crippen LogP contribution in [0, 0.1) is 10.1 Å². The molecule has 2 aliphatic rings. The summed E-state index contributed by atoms with van der Waals surface area (Å²) in [4.78, 5) is 23.4. The van der Waals surface area contributed by atoms with Crippen molar-refractivity contribution in [2.75, 3.05) is 10.6 Å². The molecule has 1 amide bonds. The van der Waals surface area contributed by atoms with Gasteiger partial charge in [0.15, 0.2) is 0 Å². The van der Waals surface area contributed by atoms with Gasteiger partial charge in [-0.1, -0.05) is 18.2 Å². The molecule has 0 saturated heterocycles. The molecule has 5 rings (SSSR count). The minimum Gasteiger partial charge on any atom is -0.461 e. The molecular formula is C24H21N3O4. The average molecular weight is 415 g/mol. The Hall–Kier alpha value is -3.87. The van der Waals surface area contributed by atoms with Crippen molar-refractivity contribution in [3.63, 3.8) is 0 Å². The lowest BCUT2D eigenvalue weighted by atomic mass is 9.94. The molecule has 1 aliphatic carbocycles. The number of hydrogen-bond acceptors (Lipinski definition) is 5. The Labute approximate surface area is 178 Å². The van der Waals surface area contributed by atoms with E-state index >= 15 is 0 Å². The minimum absolute atomic E-state index is 0.0501. The van der Waals surface area contributed by atoms with Crippen LogP contribution in [-0.4, -0.2) is 10.8 Å². The first-order valence-corrected chi connectivity index (χ1v) is 10.3. The second-order valence-corrected chi connectivity index (χ2v) is 7.77. The summed E-state index contributed by atoms with van der Waals surface area (Å²) in [7, 11) is 0. The maximum Gasteiger partial charge on any atom is 0.270 e. The molecule has 1 aliphatic heterocycles. The number of nitrogens with zero attached hydrogens (tertiary/aromatic N) is 1. The zero-order chi connectivity index (χ0) is 21.4. The van der Waals surface area contributed by atoms with Crippen molar-refractivity contribution in [3.8, 4) is 0 Å². The number of nitro groups is 1. The van der Waals surface area contributed by atoms with Gasteiger partial charge in [0, 0.05) is 47.6 Å². The summed E-state index contributed by atoms with van der Waals surface area (Å²) in [6.45, 7) is 0.575. The van der Waals surface area contributed by atoms with Gasteiger partial charge in [0.05, 0.1) is 10.5 Å². The third kappa shape index (κ3) is 3.59. The summed E-state index contributed by atoms with van der Waals surface area (Å²) in [5.74, 6) is 1.33. The summed E-state index contributed by atoms with van der Waals surface area (Å²) in [5.41, 5.74) is 4.68. The van der Waals surface area contributed by atoms with E-state index in [1.165, 1.54) is 17.7 Å². The molecule has 7 heteroatoms. The third-order valence-electron chi connectivity index (χ3n) is 5.83. The standard InChI is InChI=1S/C24H21N3O4/c28-24-19(18-12-16(27(29)30)10-11-21(18)26-24)13-23-20(14-25-15-6-2-1-3-7-15)17-8-4-5-9-22(17)31-23/h1-3,6-7,10-13,25H,4-5,8-9,14H2,(H,26,28). The fraction of sp³-hybridized carbons (Fsp3) is 0.208. The predicted molar refractivity (Wildman–Crippen MR) is 119 cm³/mol. The van der Waals surface area contributed by atoms with Gasteiger partial charge < -0.3 is 15.1 Å². The maximum atomic E-state index is 12.6. The summed E-state index contributed by atoms with van der Waals surface area (Å²) < 4.78 is 6.20. The molecule has 2 heterocycles. The number of hydrogen-bond donors (Lipinski definition) is 2. The lowest BCUT2D eigenvalue weighted by molar-refractivity contribution is -0.384. The number of nitrogens with one attached hydrogen (secondary N) is 2. The highest BCUT2D eigenvalue weighted by atomic mass is 16.6. The minimum atomic E-state index is -0.457. The van der Waals surface area contributed by atoms with Crippen LogP contribution >= 0.6 is 0 Å². The van der Waals surface area contributed by atoms with Crippen LogP contribution in [0.5, 0.6) is 0 Å². The molecule has 31 heavy (non-hydrogen) atoms. The number of fused-ring (bicyclic) bond motifs is 2. The summed E-state index contributed by atoms with van der Waals surface area (Å²) in [6, 6.07) is 14.3. The summed E-state index contributed by atoms with van der Waals surface area (Å²) in [5, 5.41) is 17.4. The maximum absolute atomic E-state index is 12.6. The van der Waals surface area contributed by atoms with Gasteiger partial charge in [0.1, 0.15) is 11.5 Å². The number of non-ortho nitro benzene ring substituents is 1.